The fourth-order valence-electron chi connectivity index (χ4n) is 3.34. The zero-order valence-electron chi connectivity index (χ0n) is 14.0. The molecule has 126 valence electrons. The Morgan fingerprint density at radius 3 is 2.58 bits per heavy atom. The first-order chi connectivity index (χ1) is 12.9. The van der Waals surface area contributed by atoms with Gasteiger partial charge in [0.25, 0.3) is 0 Å². The highest BCUT2D eigenvalue weighted by molar-refractivity contribution is 7.99. The van der Waals surface area contributed by atoms with Crippen LogP contribution in [0.2, 0.25) is 0 Å². The lowest BCUT2D eigenvalue weighted by Gasteiger charge is -2.14. The molecule has 2 aromatic carbocycles. The van der Waals surface area contributed by atoms with Crippen LogP contribution in [0, 0.1) is 0 Å². The third kappa shape index (κ3) is 2.61. The molecule has 0 N–H and O–H groups in total. The summed E-state index contributed by atoms with van der Waals surface area (Å²) in [4.78, 5) is 5.49. The van der Waals surface area contributed by atoms with Gasteiger partial charge in [-0.15, -0.1) is 22.0 Å². The number of fused-ring (bicyclic) bond motifs is 3. The number of hydrogen-bond donors (Lipinski definition) is 0. The van der Waals surface area contributed by atoms with Crippen LogP contribution in [0.5, 0.6) is 0 Å². The fraction of sp³-hybridized carbons (Fsp3) is 0.0952. The SMILES string of the molecule is c1ccc(C2Cc3nnc(-c4cccnc4)n3-c3ccccc3S2)cc1. The van der Waals surface area contributed by atoms with E-state index >= 15 is 0 Å². The average molecular weight is 356 g/mol. The molecule has 0 fully saturated rings. The van der Waals surface area contributed by atoms with Gasteiger partial charge in [-0.2, -0.15) is 0 Å². The molecular weight excluding hydrogens is 340 g/mol. The number of benzene rings is 2. The molecule has 1 atom stereocenters. The van der Waals surface area contributed by atoms with E-state index in [9.17, 15) is 0 Å². The number of aromatic nitrogens is 4. The van der Waals surface area contributed by atoms with Gasteiger partial charge >= 0.3 is 0 Å². The Hall–Kier alpha value is -2.92. The molecule has 0 spiro atoms. The van der Waals surface area contributed by atoms with Crippen molar-refractivity contribution in [3.05, 3.63) is 90.5 Å². The lowest BCUT2D eigenvalue weighted by atomic mass is 10.1. The van der Waals surface area contributed by atoms with Crippen LogP contribution in [0.3, 0.4) is 0 Å². The minimum atomic E-state index is 0.310. The van der Waals surface area contributed by atoms with Crippen molar-refractivity contribution in [1.29, 1.82) is 0 Å². The first kappa shape index (κ1) is 15.3. The van der Waals surface area contributed by atoms with Gasteiger partial charge in [0.2, 0.25) is 0 Å². The van der Waals surface area contributed by atoms with Crippen molar-refractivity contribution in [3.63, 3.8) is 0 Å². The van der Waals surface area contributed by atoms with Crippen molar-refractivity contribution in [2.45, 2.75) is 16.6 Å². The van der Waals surface area contributed by atoms with E-state index in [0.717, 1.165) is 29.3 Å². The standard InChI is InChI=1S/C21H16N4S/c1-2-7-15(8-3-1)19-13-20-23-24-21(16-9-6-12-22-14-16)25(20)17-10-4-5-11-18(17)26-19/h1-12,14,19H,13H2. The lowest BCUT2D eigenvalue weighted by molar-refractivity contribution is 0.817. The van der Waals surface area contributed by atoms with Gasteiger partial charge in [0, 0.05) is 34.5 Å². The molecular formula is C21H16N4S. The molecule has 0 saturated heterocycles. The second kappa shape index (κ2) is 6.42. The highest BCUT2D eigenvalue weighted by Crippen LogP contribution is 2.44. The number of rotatable bonds is 2. The maximum atomic E-state index is 4.54. The van der Waals surface area contributed by atoms with E-state index in [1.165, 1.54) is 10.5 Å². The summed E-state index contributed by atoms with van der Waals surface area (Å²) in [5.41, 5.74) is 3.42. The van der Waals surface area contributed by atoms with Crippen LogP contribution >= 0.6 is 11.8 Å². The van der Waals surface area contributed by atoms with Crippen molar-refractivity contribution in [2.24, 2.45) is 0 Å². The predicted octanol–water partition coefficient (Wildman–Crippen LogP) is 4.72. The highest BCUT2D eigenvalue weighted by atomic mass is 32.2. The summed E-state index contributed by atoms with van der Waals surface area (Å²) in [6, 6.07) is 23.1. The Labute approximate surface area is 155 Å². The van der Waals surface area contributed by atoms with Crippen molar-refractivity contribution in [3.8, 4) is 17.1 Å². The molecule has 3 heterocycles. The normalized spacial score (nSPS) is 15.8. The van der Waals surface area contributed by atoms with Crippen LogP contribution in [0.1, 0.15) is 16.6 Å². The molecule has 2 aromatic heterocycles. The third-order valence-electron chi connectivity index (χ3n) is 4.56. The summed E-state index contributed by atoms with van der Waals surface area (Å²) in [7, 11) is 0. The molecule has 0 saturated carbocycles. The summed E-state index contributed by atoms with van der Waals surface area (Å²) in [6.45, 7) is 0. The molecule has 1 aliphatic heterocycles. The molecule has 1 unspecified atom stereocenters. The zero-order chi connectivity index (χ0) is 17.3. The van der Waals surface area contributed by atoms with Crippen molar-refractivity contribution >= 4 is 11.8 Å². The van der Waals surface area contributed by atoms with E-state index in [2.05, 4.69) is 74.3 Å². The van der Waals surface area contributed by atoms with Crippen LogP contribution in [0.4, 0.5) is 0 Å². The van der Waals surface area contributed by atoms with Crippen LogP contribution in [-0.2, 0) is 6.42 Å². The van der Waals surface area contributed by atoms with Crippen LogP contribution in [0.15, 0.2) is 84.0 Å². The summed E-state index contributed by atoms with van der Waals surface area (Å²) in [5.74, 6) is 1.82. The van der Waals surface area contributed by atoms with Gasteiger partial charge in [-0.3, -0.25) is 9.55 Å². The van der Waals surface area contributed by atoms with Crippen LogP contribution in [-0.4, -0.2) is 19.7 Å². The lowest BCUT2D eigenvalue weighted by Crippen LogP contribution is -2.04. The summed E-state index contributed by atoms with van der Waals surface area (Å²) < 4.78 is 2.18. The molecule has 0 radical (unpaired) electrons. The van der Waals surface area contributed by atoms with E-state index < -0.39 is 0 Å². The van der Waals surface area contributed by atoms with Gasteiger partial charge in [0.15, 0.2) is 5.82 Å². The minimum Gasteiger partial charge on any atom is -0.278 e. The molecule has 0 aliphatic carbocycles. The third-order valence-corrected chi connectivity index (χ3v) is 5.89. The second-order valence-electron chi connectivity index (χ2n) is 6.21. The molecule has 4 nitrogen and oxygen atoms in total. The Morgan fingerprint density at radius 2 is 1.73 bits per heavy atom. The summed E-state index contributed by atoms with van der Waals surface area (Å²) in [6.07, 6.45) is 4.45. The Kier molecular flexibility index (Phi) is 3.79. The van der Waals surface area contributed by atoms with Gasteiger partial charge in [-0.05, 0) is 29.8 Å². The minimum absolute atomic E-state index is 0.310. The summed E-state index contributed by atoms with van der Waals surface area (Å²) >= 11 is 1.89. The zero-order valence-corrected chi connectivity index (χ0v) is 14.8. The van der Waals surface area contributed by atoms with Crippen molar-refractivity contribution < 1.29 is 0 Å². The smallest absolute Gasteiger partial charge is 0.170 e. The Balaban J connectivity index is 1.70. The summed E-state index contributed by atoms with van der Waals surface area (Å²) in [5, 5.41) is 9.35. The maximum absolute atomic E-state index is 4.54. The van der Waals surface area contributed by atoms with E-state index in [-0.39, 0.29) is 0 Å². The van der Waals surface area contributed by atoms with Crippen LogP contribution in [0.25, 0.3) is 17.1 Å². The quantitative estimate of drug-likeness (QED) is 0.521. The first-order valence-corrected chi connectivity index (χ1v) is 9.44. The van der Waals surface area contributed by atoms with Gasteiger partial charge in [0.1, 0.15) is 5.82 Å². The van der Waals surface area contributed by atoms with Gasteiger partial charge in [-0.25, -0.2) is 0 Å². The van der Waals surface area contributed by atoms with Crippen LogP contribution < -0.4 is 0 Å². The molecule has 4 aromatic rings. The van der Waals surface area contributed by atoms with E-state index in [1.54, 1.807) is 6.20 Å². The van der Waals surface area contributed by atoms with Gasteiger partial charge in [-0.1, -0.05) is 42.5 Å². The number of hydrogen-bond acceptors (Lipinski definition) is 4. The fourth-order valence-corrected chi connectivity index (χ4v) is 4.61. The molecule has 0 amide bonds. The van der Waals surface area contributed by atoms with Crippen molar-refractivity contribution in [2.75, 3.05) is 0 Å². The number of thioether (sulfide) groups is 1. The van der Waals surface area contributed by atoms with Crippen molar-refractivity contribution in [1.82, 2.24) is 19.7 Å². The monoisotopic (exact) mass is 356 g/mol. The van der Waals surface area contributed by atoms with E-state index in [1.807, 2.05) is 30.1 Å². The number of para-hydroxylation sites is 1. The topological polar surface area (TPSA) is 43.6 Å². The van der Waals surface area contributed by atoms with E-state index in [4.69, 9.17) is 0 Å². The van der Waals surface area contributed by atoms with Gasteiger partial charge in [0.05, 0.1) is 5.69 Å². The molecule has 1 aliphatic rings. The predicted molar refractivity (Wildman–Crippen MR) is 103 cm³/mol. The maximum Gasteiger partial charge on any atom is 0.170 e. The number of pyridine rings is 1. The highest BCUT2D eigenvalue weighted by Gasteiger charge is 2.26. The Morgan fingerprint density at radius 1 is 0.885 bits per heavy atom. The molecule has 5 heteroatoms. The van der Waals surface area contributed by atoms with Gasteiger partial charge < -0.3 is 0 Å². The first-order valence-electron chi connectivity index (χ1n) is 8.56. The second-order valence-corrected chi connectivity index (χ2v) is 7.45. The molecule has 5 rings (SSSR count). The largest absolute Gasteiger partial charge is 0.278 e. The Bertz CT molecular complexity index is 1040. The molecule has 0 bridgehead atoms. The molecule has 26 heavy (non-hydrogen) atoms. The average Bonchev–Trinajstić information content (AvgIpc) is 3.05. The number of nitrogens with zero attached hydrogens (tertiary/aromatic N) is 4. The van der Waals surface area contributed by atoms with E-state index in [0.29, 0.717) is 5.25 Å².